The molecule has 3 saturated heterocycles. The third-order valence-electron chi connectivity index (χ3n) is 4.94. The molecule has 2 aromatic heterocycles. The van der Waals surface area contributed by atoms with Crippen LogP contribution in [0.15, 0.2) is 36.7 Å². The van der Waals surface area contributed by atoms with E-state index in [1.54, 1.807) is 7.11 Å². The highest BCUT2D eigenvalue weighted by Crippen LogP contribution is 2.35. The van der Waals surface area contributed by atoms with Crippen LogP contribution in [0.3, 0.4) is 0 Å². The molecule has 5 nitrogen and oxygen atoms in total. The Bertz CT molecular complexity index is 664. The maximum absolute atomic E-state index is 5.12. The molecule has 5 rings (SSSR count). The zero-order chi connectivity index (χ0) is 15.8. The topological polar surface area (TPSA) is 41.5 Å². The molecule has 2 bridgehead atoms. The number of anilines is 1. The highest BCUT2D eigenvalue weighted by Gasteiger charge is 2.44. The summed E-state index contributed by atoms with van der Waals surface area (Å²) >= 11 is 0. The monoisotopic (exact) mass is 308 g/mol. The van der Waals surface area contributed by atoms with Crippen molar-refractivity contribution in [1.29, 1.82) is 0 Å². The molecule has 2 aromatic rings. The smallest absolute Gasteiger partial charge is 0.212 e. The van der Waals surface area contributed by atoms with Crippen molar-refractivity contribution in [2.24, 2.45) is 0 Å². The van der Waals surface area contributed by atoms with Crippen LogP contribution in [0.1, 0.15) is 12.0 Å². The lowest BCUT2D eigenvalue weighted by atomic mass is 9.87. The fourth-order valence-electron chi connectivity index (χ4n) is 3.62. The van der Waals surface area contributed by atoms with Crippen LogP contribution < -0.4 is 15.1 Å². The Hall–Kier alpha value is -2.08. The van der Waals surface area contributed by atoms with Crippen LogP contribution in [0.5, 0.6) is 5.88 Å². The second-order valence-corrected chi connectivity index (χ2v) is 6.52. The van der Waals surface area contributed by atoms with Gasteiger partial charge in [-0.05, 0) is 18.1 Å². The highest BCUT2D eigenvalue weighted by atomic mass is 16.5. The maximum atomic E-state index is 5.12. The number of aromatic nitrogens is 2. The number of rotatable bonds is 4. The minimum Gasteiger partial charge on any atom is -0.481 e. The van der Waals surface area contributed by atoms with Gasteiger partial charge in [-0.3, -0.25) is 4.90 Å². The van der Waals surface area contributed by atoms with Crippen molar-refractivity contribution >= 4 is 19.1 Å². The normalized spacial score (nSPS) is 23.4. The Morgan fingerprint density at radius 3 is 2.57 bits per heavy atom. The molecule has 3 aliphatic rings. The van der Waals surface area contributed by atoms with Crippen molar-refractivity contribution in [2.75, 3.05) is 25.1 Å². The highest BCUT2D eigenvalue weighted by molar-refractivity contribution is 6.32. The summed E-state index contributed by atoms with van der Waals surface area (Å²) in [6.07, 6.45) is 5.18. The zero-order valence-corrected chi connectivity index (χ0v) is 13.6. The molecule has 118 valence electrons. The average molecular weight is 308 g/mol. The molecule has 5 heterocycles. The van der Waals surface area contributed by atoms with Gasteiger partial charge >= 0.3 is 0 Å². The van der Waals surface area contributed by atoms with Gasteiger partial charge < -0.3 is 9.64 Å². The maximum Gasteiger partial charge on any atom is 0.212 e. The molecule has 6 heteroatoms. The minimum absolute atomic E-state index is 0.624. The molecular formula is C17H21BN4O. The first-order valence-electron chi connectivity index (χ1n) is 8.15. The van der Waals surface area contributed by atoms with Crippen LogP contribution >= 0.6 is 0 Å². The molecule has 2 unspecified atom stereocenters. The average Bonchev–Trinajstić information content (AvgIpc) is 2.61. The van der Waals surface area contributed by atoms with Gasteiger partial charge in [0.2, 0.25) is 5.88 Å². The van der Waals surface area contributed by atoms with Crippen LogP contribution in [0.25, 0.3) is 0 Å². The first-order valence-corrected chi connectivity index (χ1v) is 8.15. The molecule has 3 fully saturated rings. The number of piperidine rings is 1. The van der Waals surface area contributed by atoms with Gasteiger partial charge in [-0.25, -0.2) is 9.97 Å². The first-order chi connectivity index (χ1) is 11.2. The summed E-state index contributed by atoms with van der Waals surface area (Å²) in [5.74, 6) is 1.78. The van der Waals surface area contributed by atoms with Crippen LogP contribution in [-0.2, 0) is 6.54 Å². The van der Waals surface area contributed by atoms with E-state index in [2.05, 4.69) is 45.8 Å². The largest absolute Gasteiger partial charge is 0.481 e. The van der Waals surface area contributed by atoms with Crippen molar-refractivity contribution in [3.8, 4) is 5.88 Å². The Labute approximate surface area is 137 Å². The molecule has 23 heavy (non-hydrogen) atoms. The van der Waals surface area contributed by atoms with Gasteiger partial charge in [0.15, 0.2) is 0 Å². The van der Waals surface area contributed by atoms with Crippen LogP contribution in [0.4, 0.5) is 5.82 Å². The van der Waals surface area contributed by atoms with E-state index >= 15 is 0 Å². The molecule has 0 saturated carbocycles. The van der Waals surface area contributed by atoms with E-state index in [-0.39, 0.29) is 0 Å². The number of piperazine rings is 1. The van der Waals surface area contributed by atoms with Crippen LogP contribution in [0, 0.1) is 0 Å². The SMILES string of the molecule is Bc1ccc(N2CC3CC(C2)N3Cc2ccc(OC)nc2)nc1. The van der Waals surface area contributed by atoms with Gasteiger partial charge in [-0.2, -0.15) is 0 Å². The van der Waals surface area contributed by atoms with E-state index < -0.39 is 0 Å². The van der Waals surface area contributed by atoms with Gasteiger partial charge in [0.05, 0.1) is 7.11 Å². The van der Waals surface area contributed by atoms with Crippen molar-refractivity contribution in [3.05, 3.63) is 42.2 Å². The fraction of sp³-hybridized carbons (Fsp3) is 0.412. The zero-order valence-electron chi connectivity index (χ0n) is 13.6. The van der Waals surface area contributed by atoms with E-state index in [0.29, 0.717) is 18.0 Å². The molecule has 0 N–H and O–H groups in total. The molecule has 0 aliphatic carbocycles. The summed E-state index contributed by atoms with van der Waals surface area (Å²) in [5.41, 5.74) is 2.46. The van der Waals surface area contributed by atoms with Gasteiger partial charge in [-0.15, -0.1) is 0 Å². The summed E-state index contributed by atoms with van der Waals surface area (Å²) in [4.78, 5) is 13.9. The van der Waals surface area contributed by atoms with Gasteiger partial charge in [0.25, 0.3) is 0 Å². The predicted octanol–water partition coefficient (Wildman–Crippen LogP) is 0.207. The van der Waals surface area contributed by atoms with E-state index in [1.807, 2.05) is 18.5 Å². The van der Waals surface area contributed by atoms with E-state index in [9.17, 15) is 0 Å². The third kappa shape index (κ3) is 2.79. The van der Waals surface area contributed by atoms with Crippen LogP contribution in [0.2, 0.25) is 0 Å². The Balaban J connectivity index is 1.40. The van der Waals surface area contributed by atoms with E-state index in [0.717, 1.165) is 25.5 Å². The quantitative estimate of drug-likeness (QED) is 0.755. The number of hydrogen-bond acceptors (Lipinski definition) is 5. The summed E-state index contributed by atoms with van der Waals surface area (Å²) < 4.78 is 5.12. The molecule has 2 atom stereocenters. The fourth-order valence-corrected chi connectivity index (χ4v) is 3.62. The number of hydrogen-bond donors (Lipinski definition) is 0. The Morgan fingerprint density at radius 1 is 1.13 bits per heavy atom. The lowest BCUT2D eigenvalue weighted by molar-refractivity contribution is -0.00876. The lowest BCUT2D eigenvalue weighted by Crippen LogP contribution is -2.68. The summed E-state index contributed by atoms with van der Waals surface area (Å²) in [7, 11) is 3.73. The van der Waals surface area contributed by atoms with Crippen LogP contribution in [-0.4, -0.2) is 55.0 Å². The second kappa shape index (κ2) is 5.85. The molecular weight excluding hydrogens is 287 g/mol. The number of ether oxygens (including phenoxy) is 1. The minimum atomic E-state index is 0.624. The van der Waals surface area contributed by atoms with Gasteiger partial charge in [0, 0.05) is 50.2 Å². The summed E-state index contributed by atoms with van der Waals surface area (Å²) in [6.45, 7) is 3.10. The summed E-state index contributed by atoms with van der Waals surface area (Å²) in [5, 5.41) is 0. The number of nitrogens with zero attached hydrogens (tertiary/aromatic N) is 4. The van der Waals surface area contributed by atoms with Crippen molar-refractivity contribution in [3.63, 3.8) is 0 Å². The van der Waals surface area contributed by atoms with E-state index in [4.69, 9.17) is 4.74 Å². The van der Waals surface area contributed by atoms with Gasteiger partial charge in [0.1, 0.15) is 13.7 Å². The van der Waals surface area contributed by atoms with Crippen molar-refractivity contribution in [1.82, 2.24) is 14.9 Å². The molecule has 0 radical (unpaired) electrons. The molecule has 0 aromatic carbocycles. The number of fused-ring (bicyclic) bond motifs is 2. The Morgan fingerprint density at radius 2 is 1.96 bits per heavy atom. The molecule has 3 aliphatic heterocycles. The number of methoxy groups -OCH3 is 1. The second-order valence-electron chi connectivity index (χ2n) is 6.52. The number of pyridine rings is 2. The van der Waals surface area contributed by atoms with Crippen molar-refractivity contribution < 1.29 is 4.74 Å². The Kier molecular flexibility index (Phi) is 3.69. The molecule has 0 spiro atoms. The standard InChI is InChI=1S/C17H21BN4O/c1-23-17-5-2-12(7-20-17)9-22-14-6-15(22)11-21(10-14)16-4-3-13(18)8-19-16/h2-5,7-8,14-15H,6,9-11,18H2,1H3. The van der Waals surface area contributed by atoms with E-state index in [1.165, 1.54) is 17.4 Å². The third-order valence-corrected chi connectivity index (χ3v) is 4.94. The summed E-state index contributed by atoms with van der Waals surface area (Å²) in [6, 6.07) is 9.58. The van der Waals surface area contributed by atoms with Gasteiger partial charge in [-0.1, -0.05) is 17.6 Å². The molecule has 0 amide bonds. The first kappa shape index (κ1) is 14.5. The predicted molar refractivity (Wildman–Crippen MR) is 93.2 cm³/mol. The van der Waals surface area contributed by atoms with Crippen molar-refractivity contribution in [2.45, 2.75) is 25.0 Å². The lowest BCUT2D eigenvalue weighted by Gasteiger charge is -2.56.